The lowest BCUT2D eigenvalue weighted by Gasteiger charge is -2.29. The Bertz CT molecular complexity index is 149. The second kappa shape index (κ2) is 3.69. The smallest absolute Gasteiger partial charge is 0.324 e. The van der Waals surface area contributed by atoms with Crippen LogP contribution in [0.4, 0.5) is 0 Å². The van der Waals surface area contributed by atoms with Gasteiger partial charge in [0, 0.05) is 13.6 Å². The molecule has 0 amide bonds. The molecule has 0 unspecified atom stereocenters. The van der Waals surface area contributed by atoms with Crippen molar-refractivity contribution in [1.82, 2.24) is 10.4 Å². The number of carbonyl (C=O) groups is 1. The van der Waals surface area contributed by atoms with E-state index in [-0.39, 0.29) is 12.0 Å². The van der Waals surface area contributed by atoms with Crippen molar-refractivity contribution >= 4 is 5.97 Å². The number of methoxy groups -OCH3 is 1. The SMILES string of the molecule is COC(=O)[C@@H]1CCCN(C)N1. The third kappa shape index (κ3) is 2.17. The van der Waals surface area contributed by atoms with Crippen molar-refractivity contribution in [2.45, 2.75) is 18.9 Å². The Morgan fingerprint density at radius 1 is 1.73 bits per heavy atom. The summed E-state index contributed by atoms with van der Waals surface area (Å²) < 4.78 is 4.61. The zero-order chi connectivity index (χ0) is 8.27. The summed E-state index contributed by atoms with van der Waals surface area (Å²) in [5, 5.41) is 1.92. The number of hydrogen-bond acceptors (Lipinski definition) is 4. The molecule has 1 N–H and O–H groups in total. The quantitative estimate of drug-likeness (QED) is 0.535. The molecule has 1 rings (SSSR count). The monoisotopic (exact) mass is 158 g/mol. The van der Waals surface area contributed by atoms with Crippen LogP contribution in [0.5, 0.6) is 0 Å². The number of rotatable bonds is 1. The second-order valence-electron chi connectivity index (χ2n) is 2.77. The highest BCUT2D eigenvalue weighted by Crippen LogP contribution is 2.06. The van der Waals surface area contributed by atoms with Crippen molar-refractivity contribution in [3.05, 3.63) is 0 Å². The lowest BCUT2D eigenvalue weighted by atomic mass is 10.1. The van der Waals surface area contributed by atoms with E-state index in [9.17, 15) is 4.79 Å². The zero-order valence-electron chi connectivity index (χ0n) is 6.96. The molecule has 1 aliphatic heterocycles. The van der Waals surface area contributed by atoms with Gasteiger partial charge in [0.1, 0.15) is 6.04 Å². The number of hydrogen-bond donors (Lipinski definition) is 1. The van der Waals surface area contributed by atoms with E-state index in [0.717, 1.165) is 19.4 Å². The van der Waals surface area contributed by atoms with E-state index in [1.165, 1.54) is 7.11 Å². The molecule has 0 aromatic carbocycles. The Hall–Kier alpha value is -0.610. The maximum atomic E-state index is 11.0. The molecule has 0 spiro atoms. The normalized spacial score (nSPS) is 26.5. The first kappa shape index (κ1) is 8.49. The van der Waals surface area contributed by atoms with E-state index in [1.54, 1.807) is 0 Å². The van der Waals surface area contributed by atoms with Gasteiger partial charge in [-0.25, -0.2) is 10.4 Å². The van der Waals surface area contributed by atoms with E-state index < -0.39 is 0 Å². The molecule has 1 heterocycles. The van der Waals surface area contributed by atoms with Crippen LogP contribution in [-0.2, 0) is 9.53 Å². The third-order valence-electron chi connectivity index (χ3n) is 1.85. The Morgan fingerprint density at radius 3 is 3.00 bits per heavy atom. The molecule has 1 saturated heterocycles. The van der Waals surface area contributed by atoms with Crippen LogP contribution in [0.2, 0.25) is 0 Å². The molecule has 4 nitrogen and oxygen atoms in total. The minimum atomic E-state index is -0.170. The van der Waals surface area contributed by atoms with Crippen LogP contribution in [0.3, 0.4) is 0 Å². The van der Waals surface area contributed by atoms with E-state index in [2.05, 4.69) is 10.2 Å². The van der Waals surface area contributed by atoms with Crippen molar-refractivity contribution in [3.8, 4) is 0 Å². The highest BCUT2D eigenvalue weighted by molar-refractivity contribution is 5.75. The minimum Gasteiger partial charge on any atom is -0.468 e. The summed E-state index contributed by atoms with van der Waals surface area (Å²) in [6, 6.07) is -0.140. The zero-order valence-corrected chi connectivity index (χ0v) is 6.96. The van der Waals surface area contributed by atoms with Gasteiger partial charge in [-0.05, 0) is 12.8 Å². The van der Waals surface area contributed by atoms with Crippen molar-refractivity contribution in [1.29, 1.82) is 0 Å². The van der Waals surface area contributed by atoms with Gasteiger partial charge in [-0.15, -0.1) is 0 Å². The van der Waals surface area contributed by atoms with Gasteiger partial charge in [0.15, 0.2) is 0 Å². The standard InChI is InChI=1S/C7H14N2O2/c1-9-5-3-4-6(8-9)7(10)11-2/h6,8H,3-5H2,1-2H3/t6-/m0/s1. The summed E-state index contributed by atoms with van der Waals surface area (Å²) in [5.41, 5.74) is 3.03. The average molecular weight is 158 g/mol. The lowest BCUT2D eigenvalue weighted by Crippen LogP contribution is -2.51. The van der Waals surface area contributed by atoms with Crippen molar-refractivity contribution in [2.75, 3.05) is 20.7 Å². The van der Waals surface area contributed by atoms with Gasteiger partial charge in [0.05, 0.1) is 7.11 Å². The van der Waals surface area contributed by atoms with Gasteiger partial charge in [-0.3, -0.25) is 4.79 Å². The van der Waals surface area contributed by atoms with E-state index in [1.807, 2.05) is 12.1 Å². The van der Waals surface area contributed by atoms with Gasteiger partial charge in [-0.1, -0.05) is 0 Å². The highest BCUT2D eigenvalue weighted by Gasteiger charge is 2.23. The fourth-order valence-corrected chi connectivity index (χ4v) is 1.24. The van der Waals surface area contributed by atoms with E-state index >= 15 is 0 Å². The Balaban J connectivity index is 2.39. The molecular weight excluding hydrogens is 144 g/mol. The topological polar surface area (TPSA) is 41.6 Å². The third-order valence-corrected chi connectivity index (χ3v) is 1.85. The van der Waals surface area contributed by atoms with E-state index in [4.69, 9.17) is 0 Å². The van der Waals surface area contributed by atoms with Crippen LogP contribution in [0.1, 0.15) is 12.8 Å². The summed E-state index contributed by atoms with van der Waals surface area (Å²) >= 11 is 0. The molecule has 1 aliphatic rings. The Kier molecular flexibility index (Phi) is 2.84. The molecule has 0 aliphatic carbocycles. The molecule has 1 fully saturated rings. The maximum absolute atomic E-state index is 11.0. The van der Waals surface area contributed by atoms with Crippen LogP contribution in [0.25, 0.3) is 0 Å². The predicted molar refractivity (Wildman–Crippen MR) is 40.8 cm³/mol. The fourth-order valence-electron chi connectivity index (χ4n) is 1.24. The summed E-state index contributed by atoms with van der Waals surface area (Å²) in [6.45, 7) is 0.994. The molecule has 0 bridgehead atoms. The first-order chi connectivity index (χ1) is 5.24. The average Bonchev–Trinajstić information content (AvgIpc) is 2.03. The maximum Gasteiger partial charge on any atom is 0.324 e. The first-order valence-corrected chi connectivity index (χ1v) is 3.79. The molecule has 0 radical (unpaired) electrons. The van der Waals surface area contributed by atoms with Gasteiger partial charge >= 0.3 is 5.97 Å². The molecule has 4 heteroatoms. The summed E-state index contributed by atoms with van der Waals surface area (Å²) in [6.07, 6.45) is 1.92. The van der Waals surface area contributed by atoms with Crippen LogP contribution in [0.15, 0.2) is 0 Å². The second-order valence-corrected chi connectivity index (χ2v) is 2.77. The van der Waals surface area contributed by atoms with E-state index in [0.29, 0.717) is 0 Å². The van der Waals surface area contributed by atoms with Crippen molar-refractivity contribution in [3.63, 3.8) is 0 Å². The minimum absolute atomic E-state index is 0.140. The summed E-state index contributed by atoms with van der Waals surface area (Å²) in [7, 11) is 3.34. The van der Waals surface area contributed by atoms with Gasteiger partial charge in [-0.2, -0.15) is 0 Å². The predicted octanol–water partition coefficient (Wildman–Crippen LogP) is -0.242. The van der Waals surface area contributed by atoms with Crippen LogP contribution < -0.4 is 5.43 Å². The lowest BCUT2D eigenvalue weighted by molar-refractivity contribution is -0.145. The van der Waals surface area contributed by atoms with Gasteiger partial charge in [0.2, 0.25) is 0 Å². The summed E-state index contributed by atoms with van der Waals surface area (Å²) in [5.74, 6) is -0.170. The molecule has 1 atom stereocenters. The van der Waals surface area contributed by atoms with Gasteiger partial charge in [0.25, 0.3) is 0 Å². The van der Waals surface area contributed by atoms with Crippen LogP contribution >= 0.6 is 0 Å². The van der Waals surface area contributed by atoms with Crippen LogP contribution in [-0.4, -0.2) is 37.7 Å². The largest absolute Gasteiger partial charge is 0.468 e. The number of esters is 1. The Morgan fingerprint density at radius 2 is 2.45 bits per heavy atom. The number of nitrogens with zero attached hydrogens (tertiary/aromatic N) is 1. The highest BCUT2D eigenvalue weighted by atomic mass is 16.5. The van der Waals surface area contributed by atoms with Crippen LogP contribution in [0, 0.1) is 0 Å². The molecule has 0 aromatic rings. The molecule has 64 valence electrons. The Labute approximate surface area is 66.5 Å². The number of nitrogens with one attached hydrogen (secondary N) is 1. The first-order valence-electron chi connectivity index (χ1n) is 3.79. The number of carbonyl (C=O) groups excluding carboxylic acids is 1. The fraction of sp³-hybridized carbons (Fsp3) is 0.857. The number of ether oxygens (including phenoxy) is 1. The number of hydrazine groups is 1. The molecule has 11 heavy (non-hydrogen) atoms. The summed E-state index contributed by atoms with van der Waals surface area (Å²) in [4.78, 5) is 11.0. The molecular formula is C7H14N2O2. The van der Waals surface area contributed by atoms with Gasteiger partial charge < -0.3 is 4.74 Å². The molecule has 0 saturated carbocycles. The van der Waals surface area contributed by atoms with Crippen molar-refractivity contribution < 1.29 is 9.53 Å². The molecule has 0 aromatic heterocycles. The van der Waals surface area contributed by atoms with Crippen molar-refractivity contribution in [2.24, 2.45) is 0 Å².